The Morgan fingerprint density at radius 2 is 2.26 bits per heavy atom. The van der Waals surface area contributed by atoms with Gasteiger partial charge < -0.3 is 9.64 Å². The molecule has 1 heterocycles. The van der Waals surface area contributed by atoms with Gasteiger partial charge in [-0.15, -0.1) is 0 Å². The summed E-state index contributed by atoms with van der Waals surface area (Å²) < 4.78 is 19.1. The van der Waals surface area contributed by atoms with Crippen molar-refractivity contribution in [1.82, 2.24) is 0 Å². The minimum Gasteiger partial charge on any atom is -0.375 e. The number of nitro groups is 1. The number of benzene rings is 1. The van der Waals surface area contributed by atoms with Gasteiger partial charge in [0.25, 0.3) is 5.69 Å². The van der Waals surface area contributed by atoms with Crippen LogP contribution >= 0.6 is 0 Å². The Hall–Kier alpha value is -1.69. The van der Waals surface area contributed by atoms with Gasteiger partial charge in [-0.3, -0.25) is 10.1 Å². The quantitative estimate of drug-likeness (QED) is 0.624. The molecule has 5 nitrogen and oxygen atoms in total. The average Bonchev–Trinajstić information content (AvgIpc) is 2.37. The zero-order valence-electron chi connectivity index (χ0n) is 11.0. The van der Waals surface area contributed by atoms with Crippen LogP contribution in [0.15, 0.2) is 18.2 Å². The van der Waals surface area contributed by atoms with E-state index in [9.17, 15) is 14.5 Å². The Morgan fingerprint density at radius 1 is 1.53 bits per heavy atom. The Morgan fingerprint density at radius 3 is 2.89 bits per heavy atom. The van der Waals surface area contributed by atoms with E-state index >= 15 is 0 Å². The third kappa shape index (κ3) is 3.01. The number of nitrogens with zero attached hydrogens (tertiary/aromatic N) is 2. The molecule has 1 fully saturated rings. The lowest BCUT2D eigenvalue weighted by molar-refractivity contribution is -0.385. The number of halogens is 1. The monoisotopic (exact) mass is 268 g/mol. The fraction of sp³-hybridized carbons (Fsp3) is 0.538. The molecule has 0 N–H and O–H groups in total. The van der Waals surface area contributed by atoms with E-state index in [0.29, 0.717) is 18.8 Å². The van der Waals surface area contributed by atoms with Gasteiger partial charge in [0.1, 0.15) is 5.82 Å². The summed E-state index contributed by atoms with van der Waals surface area (Å²) in [5, 5.41) is 10.8. The van der Waals surface area contributed by atoms with Crippen molar-refractivity contribution < 1.29 is 14.1 Å². The van der Waals surface area contributed by atoms with E-state index in [1.165, 1.54) is 12.1 Å². The van der Waals surface area contributed by atoms with Crippen molar-refractivity contribution >= 4 is 11.4 Å². The number of hydrogen-bond donors (Lipinski definition) is 0. The lowest BCUT2D eigenvalue weighted by Gasteiger charge is -2.39. The Kier molecular flexibility index (Phi) is 3.99. The highest BCUT2D eigenvalue weighted by Crippen LogP contribution is 2.28. The van der Waals surface area contributed by atoms with Gasteiger partial charge in [-0.25, -0.2) is 4.39 Å². The van der Waals surface area contributed by atoms with E-state index in [1.54, 1.807) is 0 Å². The predicted molar refractivity (Wildman–Crippen MR) is 69.9 cm³/mol. The molecule has 1 aliphatic heterocycles. The molecule has 0 saturated carbocycles. The maximum Gasteiger partial charge on any atom is 0.274 e. The van der Waals surface area contributed by atoms with Crippen molar-refractivity contribution in [2.45, 2.75) is 32.4 Å². The maximum absolute atomic E-state index is 13.5. The first-order chi connectivity index (χ1) is 9.01. The van der Waals surface area contributed by atoms with Crippen LogP contribution in [0.3, 0.4) is 0 Å². The molecule has 1 saturated heterocycles. The van der Waals surface area contributed by atoms with Crippen molar-refractivity contribution in [2.24, 2.45) is 0 Å². The Balaban J connectivity index is 2.35. The minimum absolute atomic E-state index is 0.0325. The highest BCUT2D eigenvalue weighted by molar-refractivity contribution is 5.54. The highest BCUT2D eigenvalue weighted by Gasteiger charge is 2.27. The normalized spacial score (nSPS) is 23.4. The van der Waals surface area contributed by atoms with Gasteiger partial charge in [0.05, 0.1) is 29.7 Å². The lowest BCUT2D eigenvalue weighted by atomic mass is 10.1. The van der Waals surface area contributed by atoms with E-state index in [1.807, 2.05) is 18.7 Å². The molecule has 0 aliphatic carbocycles. The Labute approximate surface area is 111 Å². The predicted octanol–water partition coefficient (Wildman–Crippen LogP) is 2.74. The molecule has 0 radical (unpaired) electrons. The molecule has 2 unspecified atom stereocenters. The molecule has 19 heavy (non-hydrogen) atoms. The lowest BCUT2D eigenvalue weighted by Crippen LogP contribution is -2.48. The van der Waals surface area contributed by atoms with E-state index in [4.69, 9.17) is 4.74 Å². The molecule has 0 bridgehead atoms. The average molecular weight is 268 g/mol. The molecule has 1 aromatic carbocycles. The van der Waals surface area contributed by atoms with Crippen molar-refractivity contribution in [2.75, 3.05) is 18.1 Å². The summed E-state index contributed by atoms with van der Waals surface area (Å²) in [6.07, 6.45) is 0.877. The first kappa shape index (κ1) is 13.7. The standard InChI is InChI=1S/C13H17FN2O3/c1-3-11-8-19-9(2)7-15(11)12-4-10(14)5-13(6-12)16(17)18/h4-6,9,11H,3,7-8H2,1-2H3. The fourth-order valence-corrected chi connectivity index (χ4v) is 2.33. The summed E-state index contributed by atoms with van der Waals surface area (Å²) in [4.78, 5) is 12.2. The zero-order valence-corrected chi connectivity index (χ0v) is 11.0. The third-order valence-corrected chi connectivity index (χ3v) is 3.35. The minimum atomic E-state index is -0.585. The van der Waals surface area contributed by atoms with Crippen LogP contribution in [0.2, 0.25) is 0 Å². The van der Waals surface area contributed by atoms with E-state index in [2.05, 4.69) is 0 Å². The molecular weight excluding hydrogens is 251 g/mol. The van der Waals surface area contributed by atoms with E-state index in [0.717, 1.165) is 12.5 Å². The molecular formula is C13H17FN2O3. The van der Waals surface area contributed by atoms with Gasteiger partial charge in [0.2, 0.25) is 0 Å². The summed E-state index contributed by atoms with van der Waals surface area (Å²) in [6, 6.07) is 3.82. The molecule has 2 rings (SSSR count). The van der Waals surface area contributed by atoms with Crippen molar-refractivity contribution in [3.63, 3.8) is 0 Å². The molecule has 0 aromatic heterocycles. The topological polar surface area (TPSA) is 55.6 Å². The first-order valence-corrected chi connectivity index (χ1v) is 6.34. The van der Waals surface area contributed by atoms with Gasteiger partial charge in [-0.1, -0.05) is 6.92 Å². The SMILES string of the molecule is CCC1COC(C)CN1c1cc(F)cc([N+](=O)[O-])c1. The maximum atomic E-state index is 13.5. The summed E-state index contributed by atoms with van der Waals surface area (Å²) in [6.45, 7) is 5.12. The molecule has 1 aliphatic rings. The number of morpholine rings is 1. The third-order valence-electron chi connectivity index (χ3n) is 3.35. The fourth-order valence-electron chi connectivity index (χ4n) is 2.33. The van der Waals surface area contributed by atoms with Crippen molar-refractivity contribution in [3.05, 3.63) is 34.1 Å². The highest BCUT2D eigenvalue weighted by atomic mass is 19.1. The molecule has 1 aromatic rings. The summed E-state index contributed by atoms with van der Waals surface area (Å²) in [7, 11) is 0. The molecule has 0 amide bonds. The van der Waals surface area contributed by atoms with Crippen molar-refractivity contribution in [3.8, 4) is 0 Å². The second-order valence-electron chi connectivity index (χ2n) is 4.78. The smallest absolute Gasteiger partial charge is 0.274 e. The van der Waals surface area contributed by atoms with E-state index < -0.39 is 10.7 Å². The first-order valence-electron chi connectivity index (χ1n) is 6.34. The second-order valence-corrected chi connectivity index (χ2v) is 4.78. The van der Waals surface area contributed by atoms with Crippen LogP contribution in [-0.4, -0.2) is 30.2 Å². The van der Waals surface area contributed by atoms with Gasteiger partial charge in [-0.2, -0.15) is 0 Å². The molecule has 6 heteroatoms. The molecule has 2 atom stereocenters. The number of ether oxygens (including phenoxy) is 1. The van der Waals surface area contributed by atoms with Crippen LogP contribution < -0.4 is 4.90 Å². The van der Waals surface area contributed by atoms with Gasteiger partial charge in [0, 0.05) is 18.3 Å². The Bertz CT molecular complexity index is 481. The largest absolute Gasteiger partial charge is 0.375 e. The van der Waals surface area contributed by atoms with Crippen LogP contribution in [0, 0.1) is 15.9 Å². The zero-order chi connectivity index (χ0) is 14.0. The summed E-state index contributed by atoms with van der Waals surface area (Å²) in [5.74, 6) is -0.585. The number of non-ortho nitro benzene ring substituents is 1. The number of rotatable bonds is 3. The van der Waals surface area contributed by atoms with Crippen molar-refractivity contribution in [1.29, 1.82) is 0 Å². The van der Waals surface area contributed by atoms with Crippen LogP contribution in [0.4, 0.5) is 15.8 Å². The molecule has 0 spiro atoms. The van der Waals surface area contributed by atoms with Gasteiger partial charge in [-0.05, 0) is 19.4 Å². The van der Waals surface area contributed by atoms with Crippen LogP contribution in [-0.2, 0) is 4.74 Å². The van der Waals surface area contributed by atoms with Gasteiger partial charge >= 0.3 is 0 Å². The van der Waals surface area contributed by atoms with Gasteiger partial charge in [0.15, 0.2) is 0 Å². The summed E-state index contributed by atoms with van der Waals surface area (Å²) >= 11 is 0. The number of anilines is 1. The van der Waals surface area contributed by atoms with E-state index in [-0.39, 0.29) is 17.8 Å². The van der Waals surface area contributed by atoms with Crippen LogP contribution in [0.5, 0.6) is 0 Å². The van der Waals surface area contributed by atoms with Crippen LogP contribution in [0.1, 0.15) is 20.3 Å². The second kappa shape index (κ2) is 5.52. The number of hydrogen-bond acceptors (Lipinski definition) is 4. The van der Waals surface area contributed by atoms with Crippen LogP contribution in [0.25, 0.3) is 0 Å². The summed E-state index contributed by atoms with van der Waals surface area (Å²) in [5.41, 5.74) is 0.331. The molecule has 104 valence electrons. The number of nitro benzene ring substituents is 1.